The van der Waals surface area contributed by atoms with Gasteiger partial charge in [0, 0.05) is 11.4 Å². The van der Waals surface area contributed by atoms with Crippen molar-refractivity contribution in [2.45, 2.75) is 64.3 Å². The van der Waals surface area contributed by atoms with Gasteiger partial charge in [-0.05, 0) is 31.4 Å². The van der Waals surface area contributed by atoms with Gasteiger partial charge in [-0.1, -0.05) is 51.2 Å². The first-order chi connectivity index (χ1) is 12.7. The van der Waals surface area contributed by atoms with Crippen LogP contribution in [0.25, 0.3) is 11.0 Å². The molecule has 0 spiro atoms. The molecule has 1 saturated carbocycles. The first-order valence-electron chi connectivity index (χ1n) is 9.69. The number of nitrogens with one attached hydrogen (secondary N) is 1. The smallest absolute Gasteiger partial charge is 0.349 e. The van der Waals surface area contributed by atoms with Crippen molar-refractivity contribution >= 4 is 16.9 Å². The van der Waals surface area contributed by atoms with E-state index in [-0.39, 0.29) is 17.5 Å². The summed E-state index contributed by atoms with van der Waals surface area (Å²) in [5, 5.41) is 3.67. The molecule has 0 bridgehead atoms. The van der Waals surface area contributed by atoms with Gasteiger partial charge in [0.1, 0.15) is 5.56 Å². The van der Waals surface area contributed by atoms with Crippen LogP contribution in [0.5, 0.6) is 5.75 Å². The summed E-state index contributed by atoms with van der Waals surface area (Å²) >= 11 is 0. The maximum Gasteiger partial charge on any atom is 0.349 e. The Hall–Kier alpha value is -2.30. The van der Waals surface area contributed by atoms with Crippen LogP contribution in [-0.4, -0.2) is 18.6 Å². The second kappa shape index (κ2) is 8.88. The van der Waals surface area contributed by atoms with Gasteiger partial charge in [-0.3, -0.25) is 4.79 Å². The highest BCUT2D eigenvalue weighted by atomic mass is 16.5. The average molecular weight is 357 g/mol. The first-order valence-corrected chi connectivity index (χ1v) is 9.69. The largest absolute Gasteiger partial charge is 0.490 e. The molecule has 1 aliphatic rings. The van der Waals surface area contributed by atoms with Crippen molar-refractivity contribution in [2.24, 2.45) is 0 Å². The molecule has 26 heavy (non-hydrogen) atoms. The molecule has 1 fully saturated rings. The SMILES string of the molecule is CCCCCOc1cccc2cc(C(=O)NC3CCCCC3)c(=O)oc12. The highest BCUT2D eigenvalue weighted by Crippen LogP contribution is 2.25. The molecule has 1 aromatic carbocycles. The van der Waals surface area contributed by atoms with Gasteiger partial charge in [0.05, 0.1) is 6.61 Å². The molecule has 2 aromatic rings. The summed E-state index contributed by atoms with van der Waals surface area (Å²) in [4.78, 5) is 24.9. The van der Waals surface area contributed by atoms with Crippen molar-refractivity contribution in [3.63, 3.8) is 0 Å². The molecule has 1 aromatic heterocycles. The fourth-order valence-electron chi connectivity index (χ4n) is 3.43. The zero-order valence-electron chi connectivity index (χ0n) is 15.4. The number of rotatable bonds is 7. The molecule has 5 nitrogen and oxygen atoms in total. The van der Waals surface area contributed by atoms with Crippen molar-refractivity contribution < 1.29 is 13.9 Å². The quantitative estimate of drug-likeness (QED) is 0.588. The molecular formula is C21H27NO4. The molecule has 0 aliphatic heterocycles. The Morgan fingerprint density at radius 1 is 1.23 bits per heavy atom. The number of benzene rings is 1. The van der Waals surface area contributed by atoms with Crippen molar-refractivity contribution in [3.8, 4) is 5.75 Å². The molecule has 0 saturated heterocycles. The summed E-state index contributed by atoms with van der Waals surface area (Å²) in [6.45, 7) is 2.72. The zero-order valence-corrected chi connectivity index (χ0v) is 15.4. The Morgan fingerprint density at radius 3 is 2.81 bits per heavy atom. The Bertz CT molecular complexity index is 805. The number of para-hydroxylation sites is 1. The van der Waals surface area contributed by atoms with E-state index in [2.05, 4.69) is 12.2 Å². The lowest BCUT2D eigenvalue weighted by Gasteiger charge is -2.22. The van der Waals surface area contributed by atoms with Gasteiger partial charge in [0.25, 0.3) is 5.91 Å². The maximum absolute atomic E-state index is 12.5. The lowest BCUT2D eigenvalue weighted by molar-refractivity contribution is 0.0924. The van der Waals surface area contributed by atoms with Crippen LogP contribution in [0.1, 0.15) is 68.6 Å². The minimum atomic E-state index is -0.615. The van der Waals surface area contributed by atoms with Crippen LogP contribution in [0.2, 0.25) is 0 Å². The Labute approximate surface area is 153 Å². The van der Waals surface area contributed by atoms with Gasteiger partial charge in [-0.2, -0.15) is 0 Å². The van der Waals surface area contributed by atoms with E-state index in [1.54, 1.807) is 12.1 Å². The number of hydrogen-bond acceptors (Lipinski definition) is 4. The fourth-order valence-corrected chi connectivity index (χ4v) is 3.43. The summed E-state index contributed by atoms with van der Waals surface area (Å²) in [6, 6.07) is 7.23. The van der Waals surface area contributed by atoms with Gasteiger partial charge in [-0.25, -0.2) is 4.79 Å². The van der Waals surface area contributed by atoms with Gasteiger partial charge in [0.15, 0.2) is 11.3 Å². The van der Waals surface area contributed by atoms with Crippen LogP contribution in [-0.2, 0) is 0 Å². The van der Waals surface area contributed by atoms with E-state index in [4.69, 9.17) is 9.15 Å². The molecule has 1 aliphatic carbocycles. The molecule has 3 rings (SSSR count). The van der Waals surface area contributed by atoms with E-state index in [9.17, 15) is 9.59 Å². The molecule has 1 heterocycles. The standard InChI is InChI=1S/C21H27NO4/c1-2-3-7-13-25-18-12-8-9-15-14-17(21(24)26-19(15)18)20(23)22-16-10-5-4-6-11-16/h8-9,12,14,16H,2-7,10-11,13H2,1H3,(H,22,23). The highest BCUT2D eigenvalue weighted by Gasteiger charge is 2.20. The van der Waals surface area contributed by atoms with Crippen molar-refractivity contribution in [3.05, 3.63) is 40.2 Å². The Kier molecular flexibility index (Phi) is 6.31. The van der Waals surface area contributed by atoms with Crippen molar-refractivity contribution in [1.29, 1.82) is 0 Å². The Morgan fingerprint density at radius 2 is 2.04 bits per heavy atom. The third kappa shape index (κ3) is 4.45. The monoisotopic (exact) mass is 357 g/mol. The van der Waals surface area contributed by atoms with E-state index in [0.29, 0.717) is 23.3 Å². The second-order valence-electron chi connectivity index (χ2n) is 6.99. The summed E-state index contributed by atoms with van der Waals surface area (Å²) in [5.41, 5.74) is -0.148. The van der Waals surface area contributed by atoms with Gasteiger partial charge >= 0.3 is 5.63 Å². The summed E-state index contributed by atoms with van der Waals surface area (Å²) < 4.78 is 11.2. The molecule has 140 valence electrons. The predicted octanol–water partition coefficient (Wildman–Crippen LogP) is 4.42. The van der Waals surface area contributed by atoms with E-state index in [0.717, 1.165) is 44.9 Å². The van der Waals surface area contributed by atoms with E-state index < -0.39 is 5.63 Å². The topological polar surface area (TPSA) is 68.5 Å². The van der Waals surface area contributed by atoms with Crippen LogP contribution in [0.3, 0.4) is 0 Å². The number of ether oxygens (including phenoxy) is 1. The summed E-state index contributed by atoms with van der Waals surface area (Å²) in [5.74, 6) is 0.205. The van der Waals surface area contributed by atoms with Crippen LogP contribution in [0, 0.1) is 0 Å². The van der Waals surface area contributed by atoms with Gasteiger partial charge < -0.3 is 14.5 Å². The molecule has 0 radical (unpaired) electrons. The van der Waals surface area contributed by atoms with E-state index >= 15 is 0 Å². The van der Waals surface area contributed by atoms with E-state index in [1.165, 1.54) is 6.42 Å². The van der Waals surface area contributed by atoms with Crippen LogP contribution >= 0.6 is 0 Å². The lowest BCUT2D eigenvalue weighted by atomic mass is 9.95. The molecule has 0 unspecified atom stereocenters. The molecule has 1 amide bonds. The molecule has 0 atom stereocenters. The third-order valence-corrected chi connectivity index (χ3v) is 4.91. The summed E-state index contributed by atoms with van der Waals surface area (Å²) in [6.07, 6.45) is 8.57. The third-order valence-electron chi connectivity index (χ3n) is 4.91. The normalized spacial score (nSPS) is 15.1. The minimum Gasteiger partial charge on any atom is -0.490 e. The number of amides is 1. The highest BCUT2D eigenvalue weighted by molar-refractivity contribution is 5.97. The van der Waals surface area contributed by atoms with Gasteiger partial charge in [-0.15, -0.1) is 0 Å². The maximum atomic E-state index is 12.5. The number of hydrogen-bond donors (Lipinski definition) is 1. The summed E-state index contributed by atoms with van der Waals surface area (Å²) in [7, 11) is 0. The van der Waals surface area contributed by atoms with Gasteiger partial charge in [0.2, 0.25) is 0 Å². The molecule has 5 heteroatoms. The molecule has 1 N–H and O–H groups in total. The number of carbonyl (C=O) groups excluding carboxylic acids is 1. The predicted molar refractivity (Wildman–Crippen MR) is 102 cm³/mol. The van der Waals surface area contributed by atoms with Crippen molar-refractivity contribution in [2.75, 3.05) is 6.61 Å². The number of fused-ring (bicyclic) bond motifs is 1. The minimum absolute atomic E-state index is 0.0613. The average Bonchev–Trinajstić information content (AvgIpc) is 2.65. The zero-order chi connectivity index (χ0) is 18.4. The van der Waals surface area contributed by atoms with Crippen LogP contribution in [0.15, 0.2) is 33.5 Å². The Balaban J connectivity index is 1.79. The first kappa shape index (κ1) is 18.5. The fraction of sp³-hybridized carbons (Fsp3) is 0.524. The van der Waals surface area contributed by atoms with Crippen molar-refractivity contribution in [1.82, 2.24) is 5.32 Å². The second-order valence-corrected chi connectivity index (χ2v) is 6.99. The molecular weight excluding hydrogens is 330 g/mol. The van der Waals surface area contributed by atoms with Crippen LogP contribution < -0.4 is 15.7 Å². The van der Waals surface area contributed by atoms with Crippen LogP contribution in [0.4, 0.5) is 0 Å². The number of carbonyl (C=O) groups is 1. The number of unbranched alkanes of at least 4 members (excludes halogenated alkanes) is 2. The van der Waals surface area contributed by atoms with E-state index in [1.807, 2.05) is 12.1 Å². The lowest BCUT2D eigenvalue weighted by Crippen LogP contribution is -2.38.